The highest BCUT2D eigenvalue weighted by Gasteiger charge is 2.30. The summed E-state index contributed by atoms with van der Waals surface area (Å²) in [6.07, 6.45) is 0.404. The van der Waals surface area contributed by atoms with Crippen molar-refractivity contribution < 1.29 is 9.53 Å². The van der Waals surface area contributed by atoms with E-state index in [0.717, 1.165) is 0 Å². The number of ether oxygens (including phenoxy) is 1. The topological polar surface area (TPSA) is 115 Å². The quantitative estimate of drug-likeness (QED) is 0.559. The number of carbonyl (C=O) groups is 1. The summed E-state index contributed by atoms with van der Waals surface area (Å²) >= 11 is 0. The van der Waals surface area contributed by atoms with Crippen LogP contribution in [-0.4, -0.2) is 25.3 Å². The van der Waals surface area contributed by atoms with Crippen molar-refractivity contribution in [1.82, 2.24) is 0 Å². The number of anilines is 3. The van der Waals surface area contributed by atoms with Crippen molar-refractivity contribution in [3.05, 3.63) is 59.8 Å². The Morgan fingerprint density at radius 1 is 1.22 bits per heavy atom. The Hall–Kier alpha value is -3.79. The largest absolute Gasteiger partial charge is 0.497 e. The zero-order chi connectivity index (χ0) is 19.4. The Morgan fingerprint density at radius 3 is 2.48 bits per heavy atom. The molecule has 0 atom stereocenters. The van der Waals surface area contributed by atoms with Crippen LogP contribution < -0.4 is 20.7 Å². The van der Waals surface area contributed by atoms with Gasteiger partial charge in [0.2, 0.25) is 0 Å². The van der Waals surface area contributed by atoms with E-state index < -0.39 is 0 Å². The molecule has 0 bridgehead atoms. The number of nitrogens with one attached hydrogen (secondary N) is 2. The average molecular weight is 361 g/mol. The van der Waals surface area contributed by atoms with E-state index in [1.807, 2.05) is 6.07 Å². The van der Waals surface area contributed by atoms with Gasteiger partial charge in [0.05, 0.1) is 7.11 Å². The van der Waals surface area contributed by atoms with Crippen molar-refractivity contribution in [3.63, 3.8) is 0 Å². The van der Waals surface area contributed by atoms with Gasteiger partial charge in [0, 0.05) is 29.2 Å². The lowest BCUT2D eigenvalue weighted by molar-refractivity contribution is -0.115. The summed E-state index contributed by atoms with van der Waals surface area (Å²) in [5.74, 6) is 0.398. The number of amides is 1. The number of nitrogens with two attached hydrogens (primary N) is 1. The van der Waals surface area contributed by atoms with Crippen molar-refractivity contribution in [1.29, 1.82) is 10.7 Å². The average Bonchev–Trinajstić information content (AvgIpc) is 2.70. The second-order valence-corrected chi connectivity index (χ2v) is 5.99. The smallest absolute Gasteiger partial charge is 0.275 e. The fourth-order valence-electron chi connectivity index (χ4n) is 2.88. The van der Waals surface area contributed by atoms with Crippen molar-refractivity contribution >= 4 is 28.7 Å². The molecule has 7 heteroatoms. The molecule has 1 aliphatic heterocycles. The van der Waals surface area contributed by atoms with E-state index in [1.165, 1.54) is 0 Å². The number of nitrogen functional groups attached to an aromatic ring is 1. The molecule has 2 aromatic rings. The van der Waals surface area contributed by atoms with Crippen molar-refractivity contribution in [3.8, 4) is 11.8 Å². The first-order valence-electron chi connectivity index (χ1n) is 8.34. The Kier molecular flexibility index (Phi) is 5.08. The molecule has 3 rings (SSSR count). The molecule has 0 fully saturated rings. The maximum absolute atomic E-state index is 13.1. The second kappa shape index (κ2) is 7.62. The summed E-state index contributed by atoms with van der Waals surface area (Å²) in [5.41, 5.74) is 8.15. The number of rotatable bonds is 5. The van der Waals surface area contributed by atoms with Gasteiger partial charge in [0.25, 0.3) is 5.91 Å². The molecule has 4 N–H and O–H groups in total. The first kappa shape index (κ1) is 18.0. The SMILES string of the molecule is COc1ccc(NC2=C(C(=N)C#N)CCN(c3ccc(N)cc3)C2=O)cc1. The van der Waals surface area contributed by atoms with Gasteiger partial charge in [-0.25, -0.2) is 0 Å². The third-order valence-corrected chi connectivity index (χ3v) is 4.32. The lowest BCUT2D eigenvalue weighted by atomic mass is 9.99. The Morgan fingerprint density at radius 2 is 1.89 bits per heavy atom. The minimum absolute atomic E-state index is 0.212. The van der Waals surface area contributed by atoms with Gasteiger partial charge in [-0.05, 0) is 55.0 Å². The number of methoxy groups -OCH3 is 1. The van der Waals surface area contributed by atoms with Crippen LogP contribution in [0.5, 0.6) is 5.75 Å². The molecule has 0 saturated carbocycles. The molecule has 7 nitrogen and oxygen atoms in total. The highest BCUT2D eigenvalue weighted by Crippen LogP contribution is 2.28. The van der Waals surface area contributed by atoms with Crippen LogP contribution in [0.3, 0.4) is 0 Å². The van der Waals surface area contributed by atoms with E-state index in [9.17, 15) is 4.79 Å². The number of hydrogen-bond donors (Lipinski definition) is 3. The fraction of sp³-hybridized carbons (Fsp3) is 0.150. The lowest BCUT2D eigenvalue weighted by Crippen LogP contribution is -2.40. The molecule has 0 unspecified atom stereocenters. The third-order valence-electron chi connectivity index (χ3n) is 4.32. The van der Waals surface area contributed by atoms with Gasteiger partial charge in [0.1, 0.15) is 23.2 Å². The van der Waals surface area contributed by atoms with Crippen LogP contribution >= 0.6 is 0 Å². The van der Waals surface area contributed by atoms with Crippen LogP contribution in [0.2, 0.25) is 0 Å². The van der Waals surface area contributed by atoms with Crippen molar-refractivity contribution in [2.75, 3.05) is 29.6 Å². The summed E-state index contributed by atoms with van der Waals surface area (Å²) in [6.45, 7) is 0.385. The molecule has 1 amide bonds. The standard InChI is InChI=1S/C20H19N5O2/c1-27-16-8-4-14(5-9-16)24-19-17(18(23)12-21)10-11-25(20(19)26)15-6-2-13(22)3-7-15/h2-9,23-24H,10-11,22H2,1H3. The maximum Gasteiger partial charge on any atom is 0.275 e. The van der Waals surface area contributed by atoms with E-state index >= 15 is 0 Å². The summed E-state index contributed by atoms with van der Waals surface area (Å²) in [5, 5.41) is 20.1. The van der Waals surface area contributed by atoms with Gasteiger partial charge < -0.3 is 20.7 Å². The molecule has 0 aliphatic carbocycles. The van der Waals surface area contributed by atoms with Crippen molar-refractivity contribution in [2.24, 2.45) is 0 Å². The fourth-order valence-corrected chi connectivity index (χ4v) is 2.88. The van der Waals surface area contributed by atoms with E-state index in [0.29, 0.717) is 41.4 Å². The summed E-state index contributed by atoms with van der Waals surface area (Å²) in [6, 6.07) is 15.9. The first-order valence-corrected chi connectivity index (χ1v) is 8.34. The molecule has 1 aliphatic rings. The van der Waals surface area contributed by atoms with Crippen LogP contribution in [0.1, 0.15) is 6.42 Å². The van der Waals surface area contributed by atoms with Crippen molar-refractivity contribution in [2.45, 2.75) is 6.42 Å². The third kappa shape index (κ3) is 3.75. The van der Waals surface area contributed by atoms with E-state index in [4.69, 9.17) is 21.1 Å². The summed E-state index contributed by atoms with van der Waals surface area (Å²) in [7, 11) is 1.58. The minimum Gasteiger partial charge on any atom is -0.497 e. The number of nitriles is 1. The van der Waals surface area contributed by atoms with Gasteiger partial charge in [-0.3, -0.25) is 10.2 Å². The molecule has 0 radical (unpaired) electrons. The molecule has 27 heavy (non-hydrogen) atoms. The van der Waals surface area contributed by atoms with Gasteiger partial charge in [-0.15, -0.1) is 0 Å². The van der Waals surface area contributed by atoms with Crippen LogP contribution in [0.15, 0.2) is 59.8 Å². The predicted octanol–water partition coefficient (Wildman–Crippen LogP) is 2.92. The van der Waals surface area contributed by atoms with Crippen LogP contribution in [-0.2, 0) is 4.79 Å². The molecule has 0 spiro atoms. The number of nitrogens with zero attached hydrogens (tertiary/aromatic N) is 2. The Bertz CT molecular complexity index is 940. The second-order valence-electron chi connectivity index (χ2n) is 5.99. The van der Waals surface area contributed by atoms with E-state index in [2.05, 4.69) is 5.32 Å². The highest BCUT2D eigenvalue weighted by molar-refractivity contribution is 6.19. The molecule has 2 aromatic carbocycles. The highest BCUT2D eigenvalue weighted by atomic mass is 16.5. The number of benzene rings is 2. The number of hydrogen-bond acceptors (Lipinski definition) is 6. The van der Waals surface area contributed by atoms with Gasteiger partial charge in [-0.1, -0.05) is 0 Å². The van der Waals surface area contributed by atoms with Gasteiger partial charge >= 0.3 is 0 Å². The molecule has 0 aromatic heterocycles. The summed E-state index contributed by atoms with van der Waals surface area (Å²) < 4.78 is 5.14. The Labute approximate surface area is 157 Å². The normalized spacial score (nSPS) is 13.9. The molecule has 0 saturated heterocycles. The summed E-state index contributed by atoms with van der Waals surface area (Å²) in [4.78, 5) is 14.7. The molecular weight excluding hydrogens is 342 g/mol. The Balaban J connectivity index is 1.96. The molecule has 136 valence electrons. The first-order chi connectivity index (χ1) is 13.0. The van der Waals surface area contributed by atoms with Gasteiger partial charge in [0.15, 0.2) is 0 Å². The lowest BCUT2D eigenvalue weighted by Gasteiger charge is -2.30. The maximum atomic E-state index is 13.1. The monoisotopic (exact) mass is 361 g/mol. The minimum atomic E-state index is -0.295. The van der Waals surface area contributed by atoms with Crippen LogP contribution in [0, 0.1) is 16.7 Å². The molecule has 1 heterocycles. The predicted molar refractivity (Wildman–Crippen MR) is 105 cm³/mol. The molecular formula is C20H19N5O2. The zero-order valence-corrected chi connectivity index (χ0v) is 14.8. The van der Waals surface area contributed by atoms with Gasteiger partial charge in [-0.2, -0.15) is 5.26 Å². The van der Waals surface area contributed by atoms with E-state index in [-0.39, 0.29) is 17.3 Å². The van der Waals surface area contributed by atoms with E-state index in [1.54, 1.807) is 60.5 Å². The van der Waals surface area contributed by atoms with Crippen LogP contribution in [0.25, 0.3) is 0 Å². The zero-order valence-electron chi connectivity index (χ0n) is 14.8. The van der Waals surface area contributed by atoms with Crippen LogP contribution in [0.4, 0.5) is 17.1 Å². The number of carbonyl (C=O) groups excluding carboxylic acids is 1.